The lowest BCUT2D eigenvalue weighted by molar-refractivity contribution is -0.118. The van der Waals surface area contributed by atoms with Crippen LogP contribution in [0, 0.1) is 0 Å². The van der Waals surface area contributed by atoms with Crippen LogP contribution in [-0.4, -0.2) is 53.5 Å². The van der Waals surface area contributed by atoms with Crippen LogP contribution in [0.2, 0.25) is 0 Å². The van der Waals surface area contributed by atoms with Crippen molar-refractivity contribution in [1.29, 1.82) is 0 Å². The number of ketones is 1. The molecule has 8 nitrogen and oxygen atoms in total. The van der Waals surface area contributed by atoms with Crippen LogP contribution in [0.1, 0.15) is 23.2 Å². The highest BCUT2D eigenvalue weighted by Crippen LogP contribution is 2.30. The average molecular weight is 406 g/mol. The summed E-state index contributed by atoms with van der Waals surface area (Å²) in [5.41, 5.74) is 1.05. The molecule has 27 heavy (non-hydrogen) atoms. The minimum absolute atomic E-state index is 0.00354. The number of fused-ring (bicyclic) bond motifs is 1. The van der Waals surface area contributed by atoms with Gasteiger partial charge in [-0.15, -0.1) is 10.2 Å². The van der Waals surface area contributed by atoms with Crippen LogP contribution >= 0.6 is 23.1 Å². The molecule has 0 bridgehead atoms. The lowest BCUT2D eigenvalue weighted by atomic mass is 10.1. The summed E-state index contributed by atoms with van der Waals surface area (Å²) < 4.78 is 11.6. The molecule has 2 aliphatic rings. The number of nitrogens with one attached hydrogen (secondary N) is 2. The number of anilines is 2. The molecule has 2 N–H and O–H groups in total. The number of amides is 1. The zero-order valence-corrected chi connectivity index (χ0v) is 16.0. The fourth-order valence-corrected chi connectivity index (χ4v) is 4.47. The first kappa shape index (κ1) is 18.2. The summed E-state index contributed by atoms with van der Waals surface area (Å²) in [6.07, 6.45) is 2.40. The molecule has 1 amide bonds. The number of hydrogen-bond donors (Lipinski definition) is 2. The van der Waals surface area contributed by atoms with Gasteiger partial charge in [-0.2, -0.15) is 0 Å². The van der Waals surface area contributed by atoms with Gasteiger partial charge in [-0.25, -0.2) is 0 Å². The Kier molecular flexibility index (Phi) is 5.55. The maximum Gasteiger partial charge on any atom is 0.262 e. The second kappa shape index (κ2) is 8.24. The van der Waals surface area contributed by atoms with Crippen molar-refractivity contribution in [2.75, 3.05) is 36.1 Å². The lowest BCUT2D eigenvalue weighted by Gasteiger charge is -2.18. The van der Waals surface area contributed by atoms with Gasteiger partial charge in [0.1, 0.15) is 5.75 Å². The summed E-state index contributed by atoms with van der Waals surface area (Å²) >= 11 is 2.77. The standard InChI is InChI=1S/C17H18N4O4S2/c22-13(10-3-4-14-12(6-10)19-15(23)8-25-14)9-26-17-21-20-16(27-17)18-7-11-2-1-5-24-11/h3-4,6,11H,1-2,5,7-9H2,(H,18,20)(H,19,23)/t11-/m0/s1. The number of ether oxygens (including phenoxy) is 2. The Hall–Kier alpha value is -2.17. The van der Waals surface area contributed by atoms with E-state index in [-0.39, 0.29) is 30.2 Å². The highest BCUT2D eigenvalue weighted by molar-refractivity contribution is 8.01. The maximum absolute atomic E-state index is 12.4. The van der Waals surface area contributed by atoms with Crippen molar-refractivity contribution in [3.63, 3.8) is 0 Å². The number of Topliss-reactive ketones (excluding diaryl/α,β-unsaturated/α-hetero) is 1. The number of nitrogens with zero attached hydrogens (tertiary/aromatic N) is 2. The van der Waals surface area contributed by atoms with E-state index in [1.807, 2.05) is 0 Å². The van der Waals surface area contributed by atoms with Gasteiger partial charge < -0.3 is 20.1 Å². The molecule has 0 spiro atoms. The molecule has 1 fully saturated rings. The SMILES string of the molecule is O=C1COc2ccc(C(=O)CSc3nnc(NC[C@@H]4CCCO4)s3)cc2N1. The van der Waals surface area contributed by atoms with Gasteiger partial charge >= 0.3 is 0 Å². The first-order valence-corrected chi connectivity index (χ1v) is 10.4. The number of hydrogen-bond acceptors (Lipinski definition) is 9. The van der Waals surface area contributed by atoms with Crippen LogP contribution in [0.4, 0.5) is 10.8 Å². The van der Waals surface area contributed by atoms with E-state index < -0.39 is 0 Å². The van der Waals surface area contributed by atoms with E-state index in [2.05, 4.69) is 20.8 Å². The van der Waals surface area contributed by atoms with E-state index in [1.54, 1.807) is 18.2 Å². The molecule has 1 aromatic heterocycles. The summed E-state index contributed by atoms with van der Waals surface area (Å²) in [4.78, 5) is 23.8. The largest absolute Gasteiger partial charge is 0.482 e. The normalized spacial score (nSPS) is 18.5. The van der Waals surface area contributed by atoms with Crippen molar-refractivity contribution in [1.82, 2.24) is 10.2 Å². The fourth-order valence-electron chi connectivity index (χ4n) is 2.81. The van der Waals surface area contributed by atoms with Gasteiger partial charge in [0.05, 0.1) is 17.5 Å². The molecule has 0 saturated carbocycles. The maximum atomic E-state index is 12.4. The van der Waals surface area contributed by atoms with E-state index >= 15 is 0 Å². The summed E-state index contributed by atoms with van der Waals surface area (Å²) in [6, 6.07) is 5.04. The zero-order valence-electron chi connectivity index (χ0n) is 14.4. The lowest BCUT2D eigenvalue weighted by Crippen LogP contribution is -2.25. The number of thioether (sulfide) groups is 1. The van der Waals surface area contributed by atoms with Crippen molar-refractivity contribution in [3.8, 4) is 5.75 Å². The van der Waals surface area contributed by atoms with E-state index in [4.69, 9.17) is 9.47 Å². The van der Waals surface area contributed by atoms with Crippen LogP contribution in [0.15, 0.2) is 22.5 Å². The third kappa shape index (κ3) is 4.57. The molecule has 1 saturated heterocycles. The van der Waals surface area contributed by atoms with Crippen molar-refractivity contribution in [3.05, 3.63) is 23.8 Å². The van der Waals surface area contributed by atoms with E-state index in [0.29, 0.717) is 17.0 Å². The van der Waals surface area contributed by atoms with Crippen molar-refractivity contribution in [2.45, 2.75) is 23.3 Å². The minimum Gasteiger partial charge on any atom is -0.482 e. The molecule has 10 heteroatoms. The molecule has 142 valence electrons. The van der Waals surface area contributed by atoms with Gasteiger partial charge in [0.15, 0.2) is 16.7 Å². The smallest absolute Gasteiger partial charge is 0.262 e. The molecule has 3 heterocycles. The van der Waals surface area contributed by atoms with Crippen LogP contribution in [0.5, 0.6) is 5.75 Å². The number of aromatic nitrogens is 2. The zero-order chi connectivity index (χ0) is 18.6. The molecule has 2 aliphatic heterocycles. The van der Waals surface area contributed by atoms with Crippen molar-refractivity contribution in [2.24, 2.45) is 0 Å². The summed E-state index contributed by atoms with van der Waals surface area (Å²) in [6.45, 7) is 1.54. The van der Waals surface area contributed by atoms with Gasteiger partial charge in [0, 0.05) is 18.7 Å². The predicted molar refractivity (Wildman–Crippen MR) is 103 cm³/mol. The fraction of sp³-hybridized carbons (Fsp3) is 0.412. The minimum atomic E-state index is -0.224. The molecule has 1 aromatic carbocycles. The Bertz CT molecular complexity index is 851. The Morgan fingerprint density at radius 3 is 3.19 bits per heavy atom. The number of benzene rings is 1. The number of carbonyl (C=O) groups is 2. The number of rotatable bonds is 7. The summed E-state index contributed by atoms with van der Waals surface area (Å²) in [5.74, 6) is 0.545. The monoisotopic (exact) mass is 406 g/mol. The van der Waals surface area contributed by atoms with Gasteiger partial charge in [-0.05, 0) is 31.0 Å². The van der Waals surface area contributed by atoms with Crippen molar-refractivity contribution >= 4 is 45.6 Å². The highest BCUT2D eigenvalue weighted by Gasteiger charge is 2.19. The van der Waals surface area contributed by atoms with E-state index in [0.717, 1.165) is 35.5 Å². The van der Waals surface area contributed by atoms with Crippen LogP contribution < -0.4 is 15.4 Å². The molecule has 2 aromatic rings. The second-order valence-electron chi connectivity index (χ2n) is 6.15. The molecule has 0 radical (unpaired) electrons. The van der Waals surface area contributed by atoms with Crippen LogP contribution in [-0.2, 0) is 9.53 Å². The van der Waals surface area contributed by atoms with Gasteiger partial charge in [0.25, 0.3) is 5.91 Å². The Balaban J connectivity index is 1.30. The first-order valence-electron chi connectivity index (χ1n) is 8.59. The van der Waals surface area contributed by atoms with Crippen molar-refractivity contribution < 1.29 is 19.1 Å². The molecule has 0 unspecified atom stereocenters. The predicted octanol–water partition coefficient (Wildman–Crippen LogP) is 2.43. The van der Waals surface area contributed by atoms with Gasteiger partial charge in [-0.3, -0.25) is 9.59 Å². The van der Waals surface area contributed by atoms with Crippen LogP contribution in [0.25, 0.3) is 0 Å². The molecular weight excluding hydrogens is 388 g/mol. The first-order chi connectivity index (χ1) is 13.2. The number of carbonyl (C=O) groups excluding carboxylic acids is 2. The van der Waals surface area contributed by atoms with Crippen LogP contribution in [0.3, 0.4) is 0 Å². The Labute approximate surface area is 164 Å². The molecular formula is C17H18N4O4S2. The average Bonchev–Trinajstić information content (AvgIpc) is 3.35. The Morgan fingerprint density at radius 2 is 2.33 bits per heavy atom. The highest BCUT2D eigenvalue weighted by atomic mass is 32.2. The van der Waals surface area contributed by atoms with E-state index in [1.165, 1.54) is 23.1 Å². The van der Waals surface area contributed by atoms with E-state index in [9.17, 15) is 9.59 Å². The summed E-state index contributed by atoms with van der Waals surface area (Å²) in [5, 5.41) is 14.9. The van der Waals surface area contributed by atoms with Gasteiger partial charge in [-0.1, -0.05) is 23.1 Å². The topological polar surface area (TPSA) is 102 Å². The molecule has 1 atom stereocenters. The Morgan fingerprint density at radius 1 is 1.41 bits per heavy atom. The third-order valence-electron chi connectivity index (χ3n) is 4.17. The quantitative estimate of drug-likeness (QED) is 0.534. The van der Waals surface area contributed by atoms with Gasteiger partial charge in [0.2, 0.25) is 5.13 Å². The molecule has 4 rings (SSSR count). The summed E-state index contributed by atoms with van der Waals surface area (Å²) in [7, 11) is 0. The third-order valence-corrected chi connectivity index (χ3v) is 6.19. The second-order valence-corrected chi connectivity index (χ2v) is 8.35. The molecule has 0 aliphatic carbocycles.